The average molecular weight is 197 g/mol. The Morgan fingerprint density at radius 2 is 2.08 bits per heavy atom. The van der Waals surface area contributed by atoms with E-state index in [4.69, 9.17) is 11.6 Å². The van der Waals surface area contributed by atoms with E-state index < -0.39 is 0 Å². The normalized spacial score (nSPS) is 18.0. The van der Waals surface area contributed by atoms with E-state index in [9.17, 15) is 0 Å². The molecule has 0 unspecified atom stereocenters. The SMILES string of the molecule is Cc1cnc(C2CCCC2)nc1Cl. The van der Waals surface area contributed by atoms with Crippen molar-refractivity contribution in [2.24, 2.45) is 0 Å². The van der Waals surface area contributed by atoms with Crippen LogP contribution >= 0.6 is 11.6 Å². The molecule has 1 saturated carbocycles. The summed E-state index contributed by atoms with van der Waals surface area (Å²) in [6.45, 7) is 1.93. The Hall–Kier alpha value is -0.630. The second kappa shape index (κ2) is 3.62. The first kappa shape index (κ1) is 8.95. The molecule has 70 valence electrons. The van der Waals surface area contributed by atoms with E-state index in [2.05, 4.69) is 9.97 Å². The number of hydrogen-bond donors (Lipinski definition) is 0. The molecule has 0 amide bonds. The first-order valence-electron chi connectivity index (χ1n) is 4.76. The molecule has 0 aliphatic heterocycles. The highest BCUT2D eigenvalue weighted by atomic mass is 35.5. The third kappa shape index (κ3) is 1.83. The van der Waals surface area contributed by atoms with Gasteiger partial charge < -0.3 is 0 Å². The molecule has 2 nitrogen and oxygen atoms in total. The van der Waals surface area contributed by atoms with Gasteiger partial charge in [0.2, 0.25) is 0 Å². The van der Waals surface area contributed by atoms with Crippen molar-refractivity contribution in [3.05, 3.63) is 22.7 Å². The lowest BCUT2D eigenvalue weighted by Crippen LogP contribution is -2.01. The van der Waals surface area contributed by atoms with Crippen molar-refractivity contribution in [1.29, 1.82) is 0 Å². The number of rotatable bonds is 1. The van der Waals surface area contributed by atoms with Crippen molar-refractivity contribution in [2.75, 3.05) is 0 Å². The van der Waals surface area contributed by atoms with Crippen molar-refractivity contribution in [1.82, 2.24) is 9.97 Å². The fourth-order valence-electron chi connectivity index (χ4n) is 1.81. The van der Waals surface area contributed by atoms with E-state index in [0.717, 1.165) is 11.4 Å². The Morgan fingerprint density at radius 3 is 2.69 bits per heavy atom. The van der Waals surface area contributed by atoms with Gasteiger partial charge in [0.15, 0.2) is 0 Å². The van der Waals surface area contributed by atoms with Crippen LogP contribution in [0.4, 0.5) is 0 Å². The molecule has 1 aliphatic rings. The molecule has 3 heteroatoms. The zero-order valence-corrected chi connectivity index (χ0v) is 8.51. The van der Waals surface area contributed by atoms with Gasteiger partial charge in [0.25, 0.3) is 0 Å². The van der Waals surface area contributed by atoms with Crippen LogP contribution in [0.5, 0.6) is 0 Å². The summed E-state index contributed by atoms with van der Waals surface area (Å²) < 4.78 is 0. The van der Waals surface area contributed by atoms with Crippen LogP contribution in [0.3, 0.4) is 0 Å². The molecule has 0 spiro atoms. The highest BCUT2D eigenvalue weighted by Crippen LogP contribution is 2.32. The molecule has 0 aromatic carbocycles. The molecule has 1 aromatic heterocycles. The van der Waals surface area contributed by atoms with Crippen LogP contribution in [-0.2, 0) is 0 Å². The zero-order valence-electron chi connectivity index (χ0n) is 7.76. The smallest absolute Gasteiger partial charge is 0.135 e. The van der Waals surface area contributed by atoms with Gasteiger partial charge >= 0.3 is 0 Å². The van der Waals surface area contributed by atoms with E-state index in [-0.39, 0.29) is 0 Å². The number of halogens is 1. The molecule has 0 atom stereocenters. The average Bonchev–Trinajstić information content (AvgIpc) is 2.62. The lowest BCUT2D eigenvalue weighted by Gasteiger charge is -2.07. The number of aryl methyl sites for hydroxylation is 1. The van der Waals surface area contributed by atoms with Gasteiger partial charge in [-0.05, 0) is 19.8 Å². The summed E-state index contributed by atoms with van der Waals surface area (Å²) in [4.78, 5) is 8.63. The minimum atomic E-state index is 0.554. The van der Waals surface area contributed by atoms with E-state index in [1.165, 1.54) is 25.7 Å². The lowest BCUT2D eigenvalue weighted by atomic mass is 10.1. The second-order valence-electron chi connectivity index (χ2n) is 3.68. The molecular formula is C10H13ClN2. The standard InChI is InChI=1S/C10H13ClN2/c1-7-6-12-10(13-9(7)11)8-4-2-3-5-8/h6,8H,2-5H2,1H3. The summed E-state index contributed by atoms with van der Waals surface area (Å²) in [5, 5.41) is 0.608. The fraction of sp³-hybridized carbons (Fsp3) is 0.600. The third-order valence-electron chi connectivity index (χ3n) is 2.65. The summed E-state index contributed by atoms with van der Waals surface area (Å²) in [5.41, 5.74) is 0.961. The van der Waals surface area contributed by atoms with Gasteiger partial charge in [-0.3, -0.25) is 0 Å². The Labute approximate surface area is 83.4 Å². The highest BCUT2D eigenvalue weighted by Gasteiger charge is 2.19. The molecule has 0 radical (unpaired) electrons. The largest absolute Gasteiger partial charge is 0.241 e. The van der Waals surface area contributed by atoms with Gasteiger partial charge in [-0.15, -0.1) is 0 Å². The number of hydrogen-bond acceptors (Lipinski definition) is 2. The minimum Gasteiger partial charge on any atom is -0.241 e. The molecule has 1 aliphatic carbocycles. The quantitative estimate of drug-likeness (QED) is 0.646. The third-order valence-corrected chi connectivity index (χ3v) is 3.03. The topological polar surface area (TPSA) is 25.8 Å². The molecule has 0 bridgehead atoms. The first-order chi connectivity index (χ1) is 6.27. The Bertz CT molecular complexity index is 306. The molecular weight excluding hydrogens is 184 g/mol. The van der Waals surface area contributed by atoms with E-state index in [1.807, 2.05) is 13.1 Å². The predicted octanol–water partition coefficient (Wildman–Crippen LogP) is 3.10. The van der Waals surface area contributed by atoms with Gasteiger partial charge in [-0.2, -0.15) is 0 Å². The maximum absolute atomic E-state index is 5.94. The highest BCUT2D eigenvalue weighted by molar-refractivity contribution is 6.30. The second-order valence-corrected chi connectivity index (χ2v) is 4.04. The zero-order chi connectivity index (χ0) is 9.26. The summed E-state index contributed by atoms with van der Waals surface area (Å²) in [5.74, 6) is 1.49. The van der Waals surface area contributed by atoms with Crippen molar-refractivity contribution in [3.63, 3.8) is 0 Å². The van der Waals surface area contributed by atoms with Crippen LogP contribution in [-0.4, -0.2) is 9.97 Å². The van der Waals surface area contributed by atoms with E-state index in [1.54, 1.807) is 0 Å². The summed E-state index contributed by atoms with van der Waals surface area (Å²) >= 11 is 5.94. The van der Waals surface area contributed by atoms with E-state index >= 15 is 0 Å². The fourth-order valence-corrected chi connectivity index (χ4v) is 1.95. The molecule has 0 saturated heterocycles. The molecule has 1 fully saturated rings. The minimum absolute atomic E-state index is 0.554. The van der Waals surface area contributed by atoms with Crippen LogP contribution in [0.1, 0.15) is 43.0 Å². The van der Waals surface area contributed by atoms with Crippen molar-refractivity contribution >= 4 is 11.6 Å². The van der Waals surface area contributed by atoms with Gasteiger partial charge in [-0.25, -0.2) is 9.97 Å². The predicted molar refractivity (Wildman–Crippen MR) is 53.0 cm³/mol. The molecule has 2 rings (SSSR count). The van der Waals surface area contributed by atoms with Crippen molar-refractivity contribution in [2.45, 2.75) is 38.5 Å². The number of aromatic nitrogens is 2. The molecule has 0 N–H and O–H groups in total. The molecule has 13 heavy (non-hydrogen) atoms. The Kier molecular flexibility index (Phi) is 2.49. The maximum atomic E-state index is 5.94. The summed E-state index contributed by atoms with van der Waals surface area (Å²) in [6.07, 6.45) is 6.88. The Balaban J connectivity index is 2.25. The number of nitrogens with zero attached hydrogens (tertiary/aromatic N) is 2. The van der Waals surface area contributed by atoms with Crippen molar-refractivity contribution in [3.8, 4) is 0 Å². The van der Waals surface area contributed by atoms with Crippen LogP contribution in [0.25, 0.3) is 0 Å². The molecule has 1 aromatic rings. The van der Waals surface area contributed by atoms with Crippen LogP contribution < -0.4 is 0 Å². The van der Waals surface area contributed by atoms with Gasteiger partial charge in [0.1, 0.15) is 11.0 Å². The monoisotopic (exact) mass is 196 g/mol. The maximum Gasteiger partial charge on any atom is 0.135 e. The summed E-state index contributed by atoms with van der Waals surface area (Å²) in [7, 11) is 0. The lowest BCUT2D eigenvalue weighted by molar-refractivity contribution is 0.666. The van der Waals surface area contributed by atoms with Gasteiger partial charge in [0.05, 0.1) is 0 Å². The summed E-state index contributed by atoms with van der Waals surface area (Å²) in [6, 6.07) is 0. The van der Waals surface area contributed by atoms with Crippen LogP contribution in [0.15, 0.2) is 6.20 Å². The molecule has 1 heterocycles. The van der Waals surface area contributed by atoms with Crippen LogP contribution in [0, 0.1) is 6.92 Å². The van der Waals surface area contributed by atoms with Crippen LogP contribution in [0.2, 0.25) is 5.15 Å². The Morgan fingerprint density at radius 1 is 1.38 bits per heavy atom. The van der Waals surface area contributed by atoms with Gasteiger partial charge in [-0.1, -0.05) is 24.4 Å². The first-order valence-corrected chi connectivity index (χ1v) is 5.14. The van der Waals surface area contributed by atoms with Crippen molar-refractivity contribution < 1.29 is 0 Å². The van der Waals surface area contributed by atoms with E-state index in [0.29, 0.717) is 11.1 Å². The van der Waals surface area contributed by atoms with Gasteiger partial charge in [0, 0.05) is 17.7 Å².